The number of rotatable bonds is 0. The number of hydrogen-bond acceptors (Lipinski definition) is 2. The van der Waals surface area contributed by atoms with E-state index in [1.807, 2.05) is 0 Å². The van der Waals surface area contributed by atoms with Crippen molar-refractivity contribution in [2.75, 3.05) is 0 Å². The fourth-order valence-electron chi connectivity index (χ4n) is 0.448. The van der Waals surface area contributed by atoms with Crippen LogP contribution in [-0.2, 0) is 4.79 Å². The highest BCUT2D eigenvalue weighted by Crippen LogP contribution is 2.13. The maximum atomic E-state index is 10.6. The molecular formula is C8H9F3O2S. The van der Waals surface area contributed by atoms with Gasteiger partial charge in [-0.3, -0.25) is 0 Å². The van der Waals surface area contributed by atoms with Gasteiger partial charge in [0.25, 0.3) is 0 Å². The van der Waals surface area contributed by atoms with Gasteiger partial charge in [-0.1, -0.05) is 0 Å². The number of hydrogen-bond donors (Lipinski definition) is 1. The van der Waals surface area contributed by atoms with E-state index in [-0.39, 0.29) is 0 Å². The summed E-state index contributed by atoms with van der Waals surface area (Å²) in [5.41, 5.74) is 1.41. The van der Waals surface area contributed by atoms with Crippen LogP contribution in [0.15, 0.2) is 11.4 Å². The van der Waals surface area contributed by atoms with Crippen LogP contribution in [0.5, 0.6) is 0 Å². The minimum absolute atomic E-state index is 1.41. The molecule has 0 spiro atoms. The lowest BCUT2D eigenvalue weighted by Gasteiger charge is -1.93. The Morgan fingerprint density at radius 1 is 1.43 bits per heavy atom. The van der Waals surface area contributed by atoms with Crippen LogP contribution in [0.1, 0.15) is 10.4 Å². The molecule has 0 atom stereocenters. The number of halogens is 3. The molecule has 0 radical (unpaired) electrons. The van der Waals surface area contributed by atoms with Crippen LogP contribution < -0.4 is 0 Å². The normalized spacial score (nSPS) is 10.4. The summed E-state index contributed by atoms with van der Waals surface area (Å²) in [7, 11) is 0. The van der Waals surface area contributed by atoms with E-state index in [9.17, 15) is 13.2 Å². The lowest BCUT2D eigenvalue weighted by atomic mass is 10.3. The van der Waals surface area contributed by atoms with E-state index in [4.69, 9.17) is 9.90 Å². The van der Waals surface area contributed by atoms with Crippen LogP contribution >= 0.6 is 11.3 Å². The maximum Gasteiger partial charge on any atom is 0.490 e. The van der Waals surface area contributed by atoms with Crippen molar-refractivity contribution in [1.82, 2.24) is 0 Å². The third kappa shape index (κ3) is 4.86. The van der Waals surface area contributed by atoms with Crippen LogP contribution in [0, 0.1) is 13.8 Å². The van der Waals surface area contributed by atoms with Gasteiger partial charge in [0, 0.05) is 4.88 Å². The highest BCUT2D eigenvalue weighted by Gasteiger charge is 2.38. The zero-order valence-corrected chi connectivity index (χ0v) is 8.37. The quantitative estimate of drug-likeness (QED) is 0.738. The van der Waals surface area contributed by atoms with Crippen molar-refractivity contribution in [3.8, 4) is 0 Å². The van der Waals surface area contributed by atoms with Gasteiger partial charge in [-0.25, -0.2) is 4.79 Å². The summed E-state index contributed by atoms with van der Waals surface area (Å²) in [6, 6.07) is 2.14. The van der Waals surface area contributed by atoms with Crippen LogP contribution in [0.3, 0.4) is 0 Å². The van der Waals surface area contributed by atoms with Crippen LogP contribution in [0.25, 0.3) is 0 Å². The second-order valence-corrected chi connectivity index (χ2v) is 3.58. The van der Waals surface area contributed by atoms with Crippen molar-refractivity contribution in [3.63, 3.8) is 0 Å². The fraction of sp³-hybridized carbons (Fsp3) is 0.375. The fourth-order valence-corrected chi connectivity index (χ4v) is 1.18. The maximum absolute atomic E-state index is 10.6. The zero-order chi connectivity index (χ0) is 11.4. The van der Waals surface area contributed by atoms with Gasteiger partial charge in [-0.15, -0.1) is 11.3 Å². The van der Waals surface area contributed by atoms with Gasteiger partial charge in [-0.2, -0.15) is 13.2 Å². The minimum atomic E-state index is -5.08. The molecule has 0 amide bonds. The molecule has 14 heavy (non-hydrogen) atoms. The number of aliphatic carboxylic acids is 1. The Balaban J connectivity index is 0.000000241. The summed E-state index contributed by atoms with van der Waals surface area (Å²) in [5.74, 6) is -2.76. The number of carboxylic acid groups (broad SMARTS) is 1. The van der Waals surface area contributed by atoms with Crippen molar-refractivity contribution in [3.05, 3.63) is 21.9 Å². The van der Waals surface area contributed by atoms with Gasteiger partial charge < -0.3 is 5.11 Å². The van der Waals surface area contributed by atoms with Gasteiger partial charge in [0.15, 0.2) is 0 Å². The molecule has 2 nitrogen and oxygen atoms in total. The molecule has 1 aromatic heterocycles. The Labute approximate surface area is 83.0 Å². The first-order valence-corrected chi connectivity index (χ1v) is 4.44. The smallest absolute Gasteiger partial charge is 0.475 e. The highest BCUT2D eigenvalue weighted by atomic mass is 32.1. The first-order chi connectivity index (χ1) is 6.25. The molecule has 0 unspecified atom stereocenters. The summed E-state index contributed by atoms with van der Waals surface area (Å²) in [5, 5.41) is 9.24. The van der Waals surface area contributed by atoms with E-state index in [2.05, 4.69) is 25.3 Å². The van der Waals surface area contributed by atoms with Gasteiger partial charge in [0.1, 0.15) is 0 Å². The van der Waals surface area contributed by atoms with Crippen molar-refractivity contribution in [2.24, 2.45) is 0 Å². The van der Waals surface area contributed by atoms with E-state index >= 15 is 0 Å². The molecule has 0 aromatic carbocycles. The van der Waals surface area contributed by atoms with Gasteiger partial charge >= 0.3 is 12.1 Å². The van der Waals surface area contributed by atoms with Crippen molar-refractivity contribution >= 4 is 17.3 Å². The topological polar surface area (TPSA) is 37.3 Å². The van der Waals surface area contributed by atoms with E-state index in [0.717, 1.165) is 0 Å². The molecule has 0 fully saturated rings. The van der Waals surface area contributed by atoms with Crippen molar-refractivity contribution in [2.45, 2.75) is 20.0 Å². The Bertz CT molecular complexity index is 287. The second kappa shape index (κ2) is 4.99. The third-order valence-corrected chi connectivity index (χ3v) is 2.31. The van der Waals surface area contributed by atoms with Gasteiger partial charge in [-0.05, 0) is 30.9 Å². The summed E-state index contributed by atoms with van der Waals surface area (Å²) >= 11 is 1.80. The summed E-state index contributed by atoms with van der Waals surface area (Å²) in [6.45, 7) is 4.27. The van der Waals surface area contributed by atoms with Gasteiger partial charge in [0.05, 0.1) is 0 Å². The lowest BCUT2D eigenvalue weighted by Crippen LogP contribution is -2.21. The lowest BCUT2D eigenvalue weighted by molar-refractivity contribution is -0.192. The van der Waals surface area contributed by atoms with Crippen LogP contribution in [-0.4, -0.2) is 17.3 Å². The standard InChI is InChI=1S/C6H8S.C2HF3O2/c1-5-3-4-7-6(5)2;3-2(4,5)1(6)7/h3-4H,1-2H3;(H,6,7). The average molecular weight is 226 g/mol. The SMILES string of the molecule is Cc1ccsc1C.O=C(O)C(F)(F)F. The summed E-state index contributed by atoms with van der Waals surface area (Å²) in [4.78, 5) is 10.3. The predicted octanol–water partition coefficient (Wildman–Crippen LogP) is 3.00. The zero-order valence-electron chi connectivity index (χ0n) is 7.55. The molecule has 80 valence electrons. The highest BCUT2D eigenvalue weighted by molar-refractivity contribution is 7.10. The molecule has 1 N–H and O–H groups in total. The number of thiophene rings is 1. The third-order valence-electron chi connectivity index (χ3n) is 1.36. The first-order valence-electron chi connectivity index (χ1n) is 3.56. The molecule has 6 heteroatoms. The predicted molar refractivity (Wildman–Crippen MR) is 47.5 cm³/mol. The summed E-state index contributed by atoms with van der Waals surface area (Å²) < 4.78 is 31.7. The van der Waals surface area contributed by atoms with E-state index in [1.54, 1.807) is 11.3 Å². The van der Waals surface area contributed by atoms with E-state index < -0.39 is 12.1 Å². The molecule has 0 aliphatic carbocycles. The number of alkyl halides is 3. The molecule has 1 heterocycles. The molecule has 0 aliphatic rings. The van der Waals surface area contributed by atoms with Crippen LogP contribution in [0.2, 0.25) is 0 Å². The molecule has 0 aliphatic heterocycles. The number of carbonyl (C=O) groups is 1. The molecule has 0 saturated heterocycles. The minimum Gasteiger partial charge on any atom is -0.475 e. The Hall–Kier alpha value is -1.04. The van der Waals surface area contributed by atoms with Crippen molar-refractivity contribution in [1.29, 1.82) is 0 Å². The second-order valence-electron chi connectivity index (χ2n) is 2.46. The Kier molecular flexibility index (Phi) is 4.62. The molecule has 0 saturated carbocycles. The average Bonchev–Trinajstić information content (AvgIpc) is 2.35. The molecule has 1 aromatic rings. The van der Waals surface area contributed by atoms with Crippen molar-refractivity contribution < 1.29 is 23.1 Å². The Morgan fingerprint density at radius 2 is 1.86 bits per heavy atom. The molecular weight excluding hydrogens is 217 g/mol. The van der Waals surface area contributed by atoms with E-state index in [1.165, 1.54) is 10.4 Å². The Morgan fingerprint density at radius 3 is 1.93 bits per heavy atom. The first kappa shape index (κ1) is 13.0. The molecule has 1 rings (SSSR count). The van der Waals surface area contributed by atoms with Crippen LogP contribution in [0.4, 0.5) is 13.2 Å². The van der Waals surface area contributed by atoms with Gasteiger partial charge in [0.2, 0.25) is 0 Å². The monoisotopic (exact) mass is 226 g/mol. The summed E-state index contributed by atoms with van der Waals surface area (Å²) in [6.07, 6.45) is -5.08. The largest absolute Gasteiger partial charge is 0.490 e. The van der Waals surface area contributed by atoms with E-state index in [0.29, 0.717) is 0 Å². The molecule has 0 bridgehead atoms. The number of aryl methyl sites for hydroxylation is 2. The number of carboxylic acids is 1.